The van der Waals surface area contributed by atoms with Crippen LogP contribution in [0.1, 0.15) is 31.4 Å². The molecular formula is C21H24N2O3. The highest BCUT2D eigenvalue weighted by molar-refractivity contribution is 5.84. The van der Waals surface area contributed by atoms with Gasteiger partial charge in [0, 0.05) is 30.6 Å². The molecule has 2 aromatic rings. The van der Waals surface area contributed by atoms with Gasteiger partial charge >= 0.3 is 5.97 Å². The number of esters is 1. The van der Waals surface area contributed by atoms with E-state index >= 15 is 0 Å². The molecule has 136 valence electrons. The van der Waals surface area contributed by atoms with E-state index in [1.807, 2.05) is 6.07 Å². The molecule has 0 amide bonds. The largest absolute Gasteiger partial charge is 0.508 e. The summed E-state index contributed by atoms with van der Waals surface area (Å²) in [6, 6.07) is 7.17. The van der Waals surface area contributed by atoms with E-state index in [0.29, 0.717) is 11.8 Å². The highest BCUT2D eigenvalue weighted by Gasteiger charge is 2.44. The van der Waals surface area contributed by atoms with Crippen LogP contribution in [0.25, 0.3) is 10.9 Å². The van der Waals surface area contributed by atoms with Crippen molar-refractivity contribution in [3.05, 3.63) is 48.7 Å². The Balaban J connectivity index is 1.76. The number of aromatic nitrogens is 1. The van der Waals surface area contributed by atoms with Crippen LogP contribution in [-0.4, -0.2) is 40.1 Å². The van der Waals surface area contributed by atoms with Crippen LogP contribution in [0.3, 0.4) is 0 Å². The molecule has 3 aliphatic rings. The second-order valence-corrected chi connectivity index (χ2v) is 7.38. The third kappa shape index (κ3) is 2.97. The van der Waals surface area contributed by atoms with E-state index in [2.05, 4.69) is 22.5 Å². The molecule has 5 heteroatoms. The van der Waals surface area contributed by atoms with E-state index in [1.165, 1.54) is 6.92 Å². The van der Waals surface area contributed by atoms with Crippen molar-refractivity contribution in [1.29, 1.82) is 0 Å². The molecule has 3 saturated heterocycles. The minimum Gasteiger partial charge on any atom is -0.508 e. The van der Waals surface area contributed by atoms with E-state index in [9.17, 15) is 9.90 Å². The van der Waals surface area contributed by atoms with Crippen molar-refractivity contribution in [2.45, 2.75) is 31.9 Å². The first-order valence-corrected chi connectivity index (χ1v) is 9.18. The third-order valence-electron chi connectivity index (χ3n) is 5.86. The van der Waals surface area contributed by atoms with Crippen molar-refractivity contribution in [1.82, 2.24) is 9.88 Å². The number of pyridine rings is 1. The maximum atomic E-state index is 11.9. The van der Waals surface area contributed by atoms with Gasteiger partial charge in [0.25, 0.3) is 0 Å². The molecule has 5 rings (SSSR count). The number of carbonyl (C=O) groups excluding carboxylic acids is 1. The quantitative estimate of drug-likeness (QED) is 0.675. The summed E-state index contributed by atoms with van der Waals surface area (Å²) >= 11 is 0. The summed E-state index contributed by atoms with van der Waals surface area (Å²) in [5.41, 5.74) is 1.70. The minimum absolute atomic E-state index is 0.141. The lowest BCUT2D eigenvalue weighted by Gasteiger charge is -2.51. The number of hydrogen-bond donors (Lipinski definition) is 1. The van der Waals surface area contributed by atoms with Gasteiger partial charge in [-0.2, -0.15) is 0 Å². The van der Waals surface area contributed by atoms with Crippen LogP contribution < -0.4 is 0 Å². The molecule has 4 unspecified atom stereocenters. The molecule has 5 nitrogen and oxygen atoms in total. The Bertz CT molecular complexity index is 850. The summed E-state index contributed by atoms with van der Waals surface area (Å²) < 4.78 is 5.83. The minimum atomic E-state index is -0.367. The van der Waals surface area contributed by atoms with Crippen molar-refractivity contribution >= 4 is 16.9 Å². The van der Waals surface area contributed by atoms with Gasteiger partial charge in [-0.3, -0.25) is 14.7 Å². The van der Waals surface area contributed by atoms with Crippen LogP contribution in [0, 0.1) is 11.8 Å². The second kappa shape index (κ2) is 6.72. The summed E-state index contributed by atoms with van der Waals surface area (Å²) in [6.07, 6.45) is 5.59. The monoisotopic (exact) mass is 352 g/mol. The number of hydrogen-bond acceptors (Lipinski definition) is 5. The van der Waals surface area contributed by atoms with Gasteiger partial charge < -0.3 is 9.84 Å². The number of fused-ring (bicyclic) bond motifs is 4. The molecule has 26 heavy (non-hydrogen) atoms. The van der Waals surface area contributed by atoms with Gasteiger partial charge in [0.1, 0.15) is 11.9 Å². The van der Waals surface area contributed by atoms with Crippen molar-refractivity contribution in [2.24, 2.45) is 11.8 Å². The third-order valence-corrected chi connectivity index (χ3v) is 5.86. The van der Waals surface area contributed by atoms with Crippen LogP contribution in [0.15, 0.2) is 43.1 Å². The molecule has 5 atom stereocenters. The van der Waals surface area contributed by atoms with Crippen molar-refractivity contribution in [3.8, 4) is 5.75 Å². The molecule has 4 heterocycles. The van der Waals surface area contributed by atoms with Gasteiger partial charge in [0.05, 0.1) is 11.6 Å². The predicted octanol–water partition coefficient (Wildman–Crippen LogP) is 3.44. The first-order valence-electron chi connectivity index (χ1n) is 9.18. The number of phenolic OH excluding ortho intramolecular Hbond substituents is 1. The number of rotatable bonds is 4. The molecule has 3 aliphatic heterocycles. The SMILES string of the molecule is C=CC1CN2CCC1CC2[C@@H](OC(C)=O)c1ccnc2ccc(O)cc12. The normalized spacial score (nSPS) is 28.7. The highest BCUT2D eigenvalue weighted by atomic mass is 16.5. The van der Waals surface area contributed by atoms with Crippen LogP contribution in [0.5, 0.6) is 5.75 Å². The Morgan fingerprint density at radius 2 is 2.31 bits per heavy atom. The molecule has 0 spiro atoms. The van der Waals surface area contributed by atoms with E-state index in [0.717, 1.165) is 42.4 Å². The number of benzene rings is 1. The molecule has 0 aliphatic carbocycles. The lowest BCUT2D eigenvalue weighted by atomic mass is 9.73. The first-order chi connectivity index (χ1) is 12.6. The fourth-order valence-corrected chi connectivity index (χ4v) is 4.62. The maximum absolute atomic E-state index is 11.9. The maximum Gasteiger partial charge on any atom is 0.303 e. The summed E-state index contributed by atoms with van der Waals surface area (Å²) in [4.78, 5) is 18.7. The Morgan fingerprint density at radius 1 is 1.46 bits per heavy atom. The van der Waals surface area contributed by atoms with Crippen LogP contribution >= 0.6 is 0 Å². The van der Waals surface area contributed by atoms with Gasteiger partial charge in [0.15, 0.2) is 0 Å². The predicted molar refractivity (Wildman–Crippen MR) is 99.7 cm³/mol. The lowest BCUT2D eigenvalue weighted by Crippen LogP contribution is -2.55. The van der Waals surface area contributed by atoms with Crippen LogP contribution in [0.2, 0.25) is 0 Å². The highest BCUT2D eigenvalue weighted by Crippen LogP contribution is 2.43. The van der Waals surface area contributed by atoms with Gasteiger partial charge in [-0.05, 0) is 55.5 Å². The summed E-state index contributed by atoms with van der Waals surface area (Å²) in [5.74, 6) is 0.992. The number of piperidine rings is 3. The molecule has 0 saturated carbocycles. The number of carbonyl (C=O) groups is 1. The van der Waals surface area contributed by atoms with Crippen LogP contribution in [-0.2, 0) is 9.53 Å². The van der Waals surface area contributed by atoms with Gasteiger partial charge in [-0.1, -0.05) is 6.08 Å². The molecule has 1 aromatic heterocycles. The summed E-state index contributed by atoms with van der Waals surface area (Å²) in [6.45, 7) is 7.42. The van der Waals surface area contributed by atoms with Crippen molar-refractivity contribution in [2.75, 3.05) is 13.1 Å². The zero-order valence-corrected chi connectivity index (χ0v) is 15.0. The zero-order valence-electron chi connectivity index (χ0n) is 15.0. The number of nitrogens with zero attached hydrogens (tertiary/aromatic N) is 2. The molecule has 1 aromatic carbocycles. The van der Waals surface area contributed by atoms with Crippen LogP contribution in [0.4, 0.5) is 0 Å². The molecule has 1 N–H and O–H groups in total. The smallest absolute Gasteiger partial charge is 0.303 e. The van der Waals surface area contributed by atoms with E-state index in [4.69, 9.17) is 4.74 Å². The topological polar surface area (TPSA) is 62.7 Å². The number of ether oxygens (including phenoxy) is 1. The standard InChI is InChI=1S/C21H24N2O3/c1-3-14-12-23-9-7-15(14)10-20(23)21(26-13(2)24)17-6-8-22-19-5-4-16(25)11-18(17)19/h3-6,8,11,14-15,20-21,25H,1,7,9-10,12H2,2H3/t14?,15?,20?,21-/m0/s1. The Hall–Kier alpha value is -2.40. The molecule has 0 radical (unpaired) electrons. The van der Waals surface area contributed by atoms with E-state index in [1.54, 1.807) is 24.4 Å². The molecule has 3 fully saturated rings. The molecule has 2 bridgehead atoms. The zero-order chi connectivity index (χ0) is 18.3. The van der Waals surface area contributed by atoms with E-state index < -0.39 is 0 Å². The number of phenols is 1. The van der Waals surface area contributed by atoms with E-state index in [-0.39, 0.29) is 23.9 Å². The summed E-state index contributed by atoms with van der Waals surface area (Å²) in [7, 11) is 0. The second-order valence-electron chi connectivity index (χ2n) is 7.38. The van der Waals surface area contributed by atoms with Gasteiger partial charge in [-0.15, -0.1) is 6.58 Å². The lowest BCUT2D eigenvalue weighted by molar-refractivity contribution is -0.154. The Morgan fingerprint density at radius 3 is 3.00 bits per heavy atom. The van der Waals surface area contributed by atoms with Gasteiger partial charge in [-0.25, -0.2) is 0 Å². The Labute approximate surface area is 153 Å². The fourth-order valence-electron chi connectivity index (χ4n) is 4.62. The average Bonchev–Trinajstić information content (AvgIpc) is 2.65. The number of aromatic hydroxyl groups is 1. The van der Waals surface area contributed by atoms with Crippen molar-refractivity contribution in [3.63, 3.8) is 0 Å². The summed E-state index contributed by atoms with van der Waals surface area (Å²) in [5, 5.41) is 10.8. The van der Waals surface area contributed by atoms with Gasteiger partial charge in [0.2, 0.25) is 0 Å². The average molecular weight is 352 g/mol. The fraction of sp³-hybridized carbons (Fsp3) is 0.429. The molecular weight excluding hydrogens is 328 g/mol. The first kappa shape index (κ1) is 17.0. The van der Waals surface area contributed by atoms with Crippen molar-refractivity contribution < 1.29 is 14.6 Å². The Kier molecular flexibility index (Phi) is 4.41.